The minimum absolute atomic E-state index is 0.00249. The van der Waals surface area contributed by atoms with Crippen LogP contribution in [0.25, 0.3) is 0 Å². The van der Waals surface area contributed by atoms with Crippen molar-refractivity contribution in [2.45, 2.75) is 51.9 Å². The highest BCUT2D eigenvalue weighted by Crippen LogP contribution is 2.12. The lowest BCUT2D eigenvalue weighted by molar-refractivity contribution is -0.149. The maximum atomic E-state index is 11.6. The number of esters is 1. The first-order valence-electron chi connectivity index (χ1n) is 6.72. The Labute approximate surface area is 98.9 Å². The molecule has 0 saturated carbocycles. The third kappa shape index (κ3) is 5.50. The number of carbonyl (C=O) groups excluding carboxylic acids is 1. The van der Waals surface area contributed by atoms with E-state index in [1.54, 1.807) is 0 Å². The molecule has 1 unspecified atom stereocenters. The molecule has 0 aromatic rings. The molecule has 0 aromatic heterocycles. The number of hydrogen-bond donors (Lipinski definition) is 1. The van der Waals surface area contributed by atoms with Crippen LogP contribution < -0.4 is 5.32 Å². The minimum atomic E-state index is 0.00249. The van der Waals surface area contributed by atoms with Gasteiger partial charge in [-0.25, -0.2) is 0 Å². The molecule has 1 N–H and O–H groups in total. The van der Waals surface area contributed by atoms with Gasteiger partial charge in [0.2, 0.25) is 0 Å². The molecule has 0 amide bonds. The Kier molecular flexibility index (Phi) is 7.23. The van der Waals surface area contributed by atoms with Gasteiger partial charge >= 0.3 is 5.97 Å². The lowest BCUT2D eigenvalue weighted by Crippen LogP contribution is -2.35. The smallest absolute Gasteiger partial charge is 0.310 e. The van der Waals surface area contributed by atoms with Crippen LogP contribution in [0.15, 0.2) is 0 Å². The van der Waals surface area contributed by atoms with E-state index < -0.39 is 0 Å². The number of unbranched alkanes of at least 4 members (excludes halogenated alkanes) is 4. The van der Waals surface area contributed by atoms with Crippen molar-refractivity contribution < 1.29 is 9.53 Å². The van der Waals surface area contributed by atoms with Gasteiger partial charge in [0, 0.05) is 6.54 Å². The van der Waals surface area contributed by atoms with Crippen LogP contribution in [0.3, 0.4) is 0 Å². The Hall–Kier alpha value is -0.570. The topological polar surface area (TPSA) is 38.3 Å². The van der Waals surface area contributed by atoms with Crippen molar-refractivity contribution in [3.8, 4) is 0 Å². The van der Waals surface area contributed by atoms with E-state index in [4.69, 9.17) is 4.74 Å². The Bertz CT molecular complexity index is 188. The van der Waals surface area contributed by atoms with Crippen molar-refractivity contribution in [1.82, 2.24) is 5.32 Å². The second-order valence-electron chi connectivity index (χ2n) is 4.62. The van der Waals surface area contributed by atoms with Gasteiger partial charge in [-0.1, -0.05) is 32.6 Å². The fourth-order valence-corrected chi connectivity index (χ4v) is 2.05. The fourth-order valence-electron chi connectivity index (χ4n) is 2.05. The van der Waals surface area contributed by atoms with Crippen molar-refractivity contribution in [3.05, 3.63) is 0 Å². The molecule has 94 valence electrons. The third-order valence-corrected chi connectivity index (χ3v) is 3.12. The molecule has 0 radical (unpaired) electrons. The molecular weight excluding hydrogens is 202 g/mol. The summed E-state index contributed by atoms with van der Waals surface area (Å²) in [7, 11) is 0. The van der Waals surface area contributed by atoms with E-state index in [0.29, 0.717) is 6.61 Å². The van der Waals surface area contributed by atoms with Crippen LogP contribution in [0, 0.1) is 5.92 Å². The molecule has 1 atom stereocenters. The number of hydrogen-bond acceptors (Lipinski definition) is 3. The number of piperidine rings is 1. The minimum Gasteiger partial charge on any atom is -0.465 e. The monoisotopic (exact) mass is 227 g/mol. The highest BCUT2D eigenvalue weighted by Gasteiger charge is 2.21. The third-order valence-electron chi connectivity index (χ3n) is 3.12. The summed E-state index contributed by atoms with van der Waals surface area (Å²) < 4.78 is 5.28. The van der Waals surface area contributed by atoms with Gasteiger partial charge in [-0.05, 0) is 25.8 Å². The van der Waals surface area contributed by atoms with E-state index in [9.17, 15) is 4.79 Å². The zero-order chi connectivity index (χ0) is 11.6. The molecule has 16 heavy (non-hydrogen) atoms. The maximum Gasteiger partial charge on any atom is 0.310 e. The molecule has 0 spiro atoms. The van der Waals surface area contributed by atoms with E-state index in [1.807, 2.05) is 0 Å². The summed E-state index contributed by atoms with van der Waals surface area (Å²) in [5, 5.41) is 3.23. The van der Waals surface area contributed by atoms with E-state index in [0.717, 1.165) is 32.4 Å². The highest BCUT2D eigenvalue weighted by atomic mass is 16.5. The fraction of sp³-hybridized carbons (Fsp3) is 0.923. The first-order chi connectivity index (χ1) is 7.84. The van der Waals surface area contributed by atoms with Crippen LogP contribution in [0.4, 0.5) is 0 Å². The quantitative estimate of drug-likeness (QED) is 0.536. The molecule has 1 aliphatic rings. The van der Waals surface area contributed by atoms with Gasteiger partial charge in [0.1, 0.15) is 0 Å². The van der Waals surface area contributed by atoms with Gasteiger partial charge in [0.15, 0.2) is 0 Å². The van der Waals surface area contributed by atoms with Gasteiger partial charge in [-0.15, -0.1) is 0 Å². The standard InChI is InChI=1S/C13H25NO2/c1-2-3-4-5-6-10-16-13(15)12-8-7-9-14-11-12/h12,14H,2-11H2,1H3. The first-order valence-corrected chi connectivity index (χ1v) is 6.72. The maximum absolute atomic E-state index is 11.6. The van der Waals surface area contributed by atoms with E-state index in [2.05, 4.69) is 12.2 Å². The Morgan fingerprint density at radius 2 is 2.12 bits per heavy atom. The molecule has 0 bridgehead atoms. The van der Waals surface area contributed by atoms with Gasteiger partial charge in [-0.2, -0.15) is 0 Å². The van der Waals surface area contributed by atoms with E-state index in [1.165, 1.54) is 25.7 Å². The average Bonchev–Trinajstić information content (AvgIpc) is 2.34. The van der Waals surface area contributed by atoms with Crippen LogP contribution >= 0.6 is 0 Å². The number of rotatable bonds is 7. The molecule has 1 saturated heterocycles. The van der Waals surface area contributed by atoms with Crippen molar-refractivity contribution in [3.63, 3.8) is 0 Å². The van der Waals surface area contributed by atoms with Gasteiger partial charge in [0.25, 0.3) is 0 Å². The molecular formula is C13H25NO2. The zero-order valence-corrected chi connectivity index (χ0v) is 10.5. The molecule has 1 fully saturated rings. The van der Waals surface area contributed by atoms with Crippen LogP contribution in [-0.2, 0) is 9.53 Å². The molecule has 0 aliphatic carbocycles. The number of ether oxygens (including phenoxy) is 1. The first kappa shape index (κ1) is 13.5. The van der Waals surface area contributed by atoms with E-state index in [-0.39, 0.29) is 11.9 Å². The van der Waals surface area contributed by atoms with Crippen LogP contribution in [0.2, 0.25) is 0 Å². The SMILES string of the molecule is CCCCCCCOC(=O)C1CCCNC1. The normalized spacial score (nSPS) is 20.7. The summed E-state index contributed by atoms with van der Waals surface area (Å²) in [4.78, 5) is 11.6. The van der Waals surface area contributed by atoms with Gasteiger partial charge in [0.05, 0.1) is 12.5 Å². The molecule has 3 heteroatoms. The lowest BCUT2D eigenvalue weighted by atomic mass is 10.0. The largest absolute Gasteiger partial charge is 0.465 e. The zero-order valence-electron chi connectivity index (χ0n) is 10.5. The van der Waals surface area contributed by atoms with Gasteiger partial charge in [-0.3, -0.25) is 4.79 Å². The summed E-state index contributed by atoms with van der Waals surface area (Å²) >= 11 is 0. The van der Waals surface area contributed by atoms with E-state index >= 15 is 0 Å². The summed E-state index contributed by atoms with van der Waals surface area (Å²) in [5.41, 5.74) is 0. The summed E-state index contributed by atoms with van der Waals surface area (Å²) in [6, 6.07) is 0. The number of nitrogens with one attached hydrogen (secondary N) is 1. The molecule has 1 aliphatic heterocycles. The lowest BCUT2D eigenvalue weighted by Gasteiger charge is -2.21. The highest BCUT2D eigenvalue weighted by molar-refractivity contribution is 5.72. The summed E-state index contributed by atoms with van der Waals surface area (Å²) in [6.45, 7) is 4.66. The number of carbonyl (C=O) groups is 1. The van der Waals surface area contributed by atoms with Crippen molar-refractivity contribution >= 4 is 5.97 Å². The molecule has 0 aromatic carbocycles. The molecule has 1 heterocycles. The van der Waals surface area contributed by atoms with Crippen LogP contribution in [-0.4, -0.2) is 25.7 Å². The van der Waals surface area contributed by atoms with Crippen LogP contribution in [0.5, 0.6) is 0 Å². The molecule has 1 rings (SSSR count). The van der Waals surface area contributed by atoms with Gasteiger partial charge < -0.3 is 10.1 Å². The Balaban J connectivity index is 1.97. The molecule has 3 nitrogen and oxygen atoms in total. The average molecular weight is 227 g/mol. The summed E-state index contributed by atoms with van der Waals surface area (Å²) in [5.74, 6) is 0.104. The predicted molar refractivity (Wildman–Crippen MR) is 65.3 cm³/mol. The van der Waals surface area contributed by atoms with Crippen molar-refractivity contribution in [2.24, 2.45) is 5.92 Å². The Morgan fingerprint density at radius 3 is 2.81 bits per heavy atom. The predicted octanol–water partition coefficient (Wildman–Crippen LogP) is 2.50. The summed E-state index contributed by atoms with van der Waals surface area (Å²) in [6.07, 6.45) is 8.10. The van der Waals surface area contributed by atoms with Crippen molar-refractivity contribution in [2.75, 3.05) is 19.7 Å². The van der Waals surface area contributed by atoms with Crippen LogP contribution in [0.1, 0.15) is 51.9 Å². The van der Waals surface area contributed by atoms with Crippen molar-refractivity contribution in [1.29, 1.82) is 0 Å². The second kappa shape index (κ2) is 8.57. The Morgan fingerprint density at radius 1 is 1.31 bits per heavy atom. The second-order valence-corrected chi connectivity index (χ2v) is 4.62.